The Balaban J connectivity index is 2.05. The summed E-state index contributed by atoms with van der Waals surface area (Å²) in [5, 5.41) is 0. The average molecular weight is 214 g/mol. The van der Waals surface area contributed by atoms with Gasteiger partial charge in [-0.15, -0.1) is 0 Å². The van der Waals surface area contributed by atoms with E-state index >= 15 is 0 Å². The Morgan fingerprint density at radius 3 is 2.87 bits per heavy atom. The van der Waals surface area contributed by atoms with E-state index in [4.69, 9.17) is 9.47 Å². The Morgan fingerprint density at radius 1 is 1.47 bits per heavy atom. The van der Waals surface area contributed by atoms with Gasteiger partial charge in [0, 0.05) is 6.42 Å². The van der Waals surface area contributed by atoms with Gasteiger partial charge in [0.15, 0.2) is 0 Å². The van der Waals surface area contributed by atoms with Crippen molar-refractivity contribution in [3.63, 3.8) is 0 Å². The molecule has 0 saturated carbocycles. The topological polar surface area (TPSA) is 52.6 Å². The average Bonchev–Trinajstić information content (AvgIpc) is 2.59. The molecular formula is C11H18O4. The van der Waals surface area contributed by atoms with Gasteiger partial charge in [-0.05, 0) is 6.42 Å². The lowest BCUT2D eigenvalue weighted by Crippen LogP contribution is -2.17. The van der Waals surface area contributed by atoms with Crippen LogP contribution in [0.15, 0.2) is 0 Å². The first-order valence-corrected chi connectivity index (χ1v) is 5.57. The van der Waals surface area contributed by atoms with E-state index in [1.807, 2.05) is 0 Å². The van der Waals surface area contributed by atoms with Crippen molar-refractivity contribution in [1.29, 1.82) is 0 Å². The quantitative estimate of drug-likeness (QED) is 0.500. The van der Waals surface area contributed by atoms with Crippen LogP contribution in [0.2, 0.25) is 0 Å². The Hall–Kier alpha value is -1.06. The summed E-state index contributed by atoms with van der Waals surface area (Å²) in [5.41, 5.74) is 0. The molecule has 0 bridgehead atoms. The lowest BCUT2D eigenvalue weighted by Gasteiger charge is -2.08. The van der Waals surface area contributed by atoms with Crippen LogP contribution in [-0.4, -0.2) is 24.6 Å². The summed E-state index contributed by atoms with van der Waals surface area (Å²) in [6.45, 7) is 2.35. The summed E-state index contributed by atoms with van der Waals surface area (Å²) in [6.07, 6.45) is 4.54. The third kappa shape index (κ3) is 4.81. The number of carbonyl (C=O) groups excluding carboxylic acids is 2. The molecule has 0 spiro atoms. The first-order valence-electron chi connectivity index (χ1n) is 5.57. The second kappa shape index (κ2) is 6.43. The molecule has 4 nitrogen and oxygen atoms in total. The molecule has 86 valence electrons. The Kier molecular flexibility index (Phi) is 5.15. The molecule has 0 amide bonds. The predicted molar refractivity (Wildman–Crippen MR) is 54.2 cm³/mol. The predicted octanol–water partition coefficient (Wildman–Crippen LogP) is 1.82. The van der Waals surface area contributed by atoms with Gasteiger partial charge in [0.05, 0.1) is 6.42 Å². The van der Waals surface area contributed by atoms with Crippen molar-refractivity contribution in [2.24, 2.45) is 0 Å². The van der Waals surface area contributed by atoms with Crippen LogP contribution in [0.25, 0.3) is 0 Å². The monoisotopic (exact) mass is 214 g/mol. The Morgan fingerprint density at radius 2 is 2.27 bits per heavy atom. The van der Waals surface area contributed by atoms with Crippen molar-refractivity contribution < 1.29 is 19.1 Å². The van der Waals surface area contributed by atoms with Crippen LogP contribution in [0.5, 0.6) is 0 Å². The molecule has 1 fully saturated rings. The van der Waals surface area contributed by atoms with Crippen LogP contribution in [0, 0.1) is 0 Å². The highest BCUT2D eigenvalue weighted by Crippen LogP contribution is 2.12. The lowest BCUT2D eigenvalue weighted by molar-refractivity contribution is -0.149. The Bertz CT molecular complexity index is 225. The zero-order valence-electron chi connectivity index (χ0n) is 9.16. The van der Waals surface area contributed by atoms with Crippen LogP contribution in [0.1, 0.15) is 45.4 Å². The molecule has 0 aliphatic carbocycles. The standard InChI is InChI=1S/C11H18O4/c1-2-3-4-5-6-10(12)15-9-7-11(13)14-8-9/h9H,2-8H2,1H3. The van der Waals surface area contributed by atoms with Gasteiger partial charge in [-0.3, -0.25) is 9.59 Å². The van der Waals surface area contributed by atoms with Crippen molar-refractivity contribution in [2.75, 3.05) is 6.61 Å². The van der Waals surface area contributed by atoms with Crippen molar-refractivity contribution in [2.45, 2.75) is 51.6 Å². The summed E-state index contributed by atoms with van der Waals surface area (Å²) in [5.74, 6) is -0.492. The molecule has 0 aromatic rings. The van der Waals surface area contributed by atoms with E-state index in [0.717, 1.165) is 25.7 Å². The molecule has 0 N–H and O–H groups in total. The first kappa shape index (κ1) is 12.0. The number of esters is 2. The highest BCUT2D eigenvalue weighted by atomic mass is 16.6. The van der Waals surface area contributed by atoms with E-state index in [2.05, 4.69) is 6.92 Å². The van der Waals surface area contributed by atoms with Crippen molar-refractivity contribution in [3.8, 4) is 0 Å². The molecular weight excluding hydrogens is 196 g/mol. The minimum absolute atomic E-state index is 0.209. The van der Waals surface area contributed by atoms with Crippen LogP contribution in [-0.2, 0) is 19.1 Å². The molecule has 1 atom stereocenters. The number of cyclic esters (lactones) is 1. The van der Waals surface area contributed by atoms with Crippen LogP contribution < -0.4 is 0 Å². The highest BCUT2D eigenvalue weighted by Gasteiger charge is 2.26. The summed E-state index contributed by atoms with van der Waals surface area (Å²) in [6, 6.07) is 0. The molecule has 1 aliphatic heterocycles. The van der Waals surface area contributed by atoms with Gasteiger partial charge in [0.25, 0.3) is 0 Å². The number of hydrogen-bond donors (Lipinski definition) is 0. The van der Waals surface area contributed by atoms with Gasteiger partial charge in [0.2, 0.25) is 0 Å². The molecule has 0 aromatic heterocycles. The van der Waals surface area contributed by atoms with Gasteiger partial charge >= 0.3 is 11.9 Å². The fourth-order valence-electron chi connectivity index (χ4n) is 1.51. The third-order valence-electron chi connectivity index (χ3n) is 2.36. The molecule has 1 saturated heterocycles. The Labute approximate surface area is 89.9 Å². The van der Waals surface area contributed by atoms with E-state index in [-0.39, 0.29) is 31.1 Å². The van der Waals surface area contributed by atoms with Gasteiger partial charge < -0.3 is 9.47 Å². The van der Waals surface area contributed by atoms with E-state index in [9.17, 15) is 9.59 Å². The van der Waals surface area contributed by atoms with Crippen molar-refractivity contribution >= 4 is 11.9 Å². The van der Waals surface area contributed by atoms with Crippen LogP contribution in [0.3, 0.4) is 0 Å². The number of unbranched alkanes of at least 4 members (excludes halogenated alkanes) is 3. The van der Waals surface area contributed by atoms with E-state index < -0.39 is 0 Å². The summed E-state index contributed by atoms with van der Waals surface area (Å²) >= 11 is 0. The zero-order valence-corrected chi connectivity index (χ0v) is 9.16. The smallest absolute Gasteiger partial charge is 0.309 e. The van der Waals surface area contributed by atoms with Crippen molar-refractivity contribution in [3.05, 3.63) is 0 Å². The number of rotatable bonds is 6. The fraction of sp³-hybridized carbons (Fsp3) is 0.818. The van der Waals surface area contributed by atoms with Crippen LogP contribution >= 0.6 is 0 Å². The third-order valence-corrected chi connectivity index (χ3v) is 2.36. The van der Waals surface area contributed by atoms with E-state index in [1.165, 1.54) is 0 Å². The molecule has 4 heteroatoms. The number of carbonyl (C=O) groups is 2. The second-order valence-corrected chi connectivity index (χ2v) is 3.81. The highest BCUT2D eigenvalue weighted by molar-refractivity contribution is 5.74. The van der Waals surface area contributed by atoms with Gasteiger partial charge in [-0.25, -0.2) is 0 Å². The maximum absolute atomic E-state index is 11.3. The second-order valence-electron chi connectivity index (χ2n) is 3.81. The lowest BCUT2D eigenvalue weighted by atomic mass is 10.1. The largest absolute Gasteiger partial charge is 0.462 e. The number of hydrogen-bond acceptors (Lipinski definition) is 4. The molecule has 1 heterocycles. The summed E-state index contributed by atoms with van der Waals surface area (Å²) < 4.78 is 9.77. The number of ether oxygens (including phenoxy) is 2. The SMILES string of the molecule is CCCCCCC(=O)OC1COC(=O)C1. The van der Waals surface area contributed by atoms with Crippen LogP contribution in [0.4, 0.5) is 0 Å². The van der Waals surface area contributed by atoms with Gasteiger partial charge in [-0.2, -0.15) is 0 Å². The molecule has 1 rings (SSSR count). The maximum atomic E-state index is 11.3. The van der Waals surface area contributed by atoms with E-state index in [1.54, 1.807) is 0 Å². The normalized spacial score (nSPS) is 20.1. The maximum Gasteiger partial charge on any atom is 0.309 e. The first-order chi connectivity index (χ1) is 7.22. The summed E-state index contributed by atoms with van der Waals surface area (Å²) in [4.78, 5) is 22.0. The van der Waals surface area contributed by atoms with Gasteiger partial charge in [0.1, 0.15) is 12.7 Å². The molecule has 0 radical (unpaired) electrons. The van der Waals surface area contributed by atoms with Gasteiger partial charge in [-0.1, -0.05) is 26.2 Å². The minimum Gasteiger partial charge on any atom is -0.462 e. The zero-order chi connectivity index (χ0) is 11.1. The van der Waals surface area contributed by atoms with E-state index in [0.29, 0.717) is 6.42 Å². The summed E-state index contributed by atoms with van der Waals surface area (Å²) in [7, 11) is 0. The molecule has 0 aromatic carbocycles. The molecule has 1 aliphatic rings. The molecule has 15 heavy (non-hydrogen) atoms. The minimum atomic E-state index is -0.351. The van der Waals surface area contributed by atoms with Crippen molar-refractivity contribution in [1.82, 2.24) is 0 Å². The molecule has 1 unspecified atom stereocenters. The fourth-order valence-corrected chi connectivity index (χ4v) is 1.51.